The van der Waals surface area contributed by atoms with Crippen LogP contribution in [0, 0.1) is 13.8 Å². The summed E-state index contributed by atoms with van der Waals surface area (Å²) in [5.41, 5.74) is 7.84. The van der Waals surface area contributed by atoms with E-state index in [-0.39, 0.29) is 5.84 Å². The number of nitrogens with zero attached hydrogens (tertiary/aromatic N) is 2. The Bertz CT molecular complexity index is 631. The van der Waals surface area contributed by atoms with Gasteiger partial charge in [-0.2, -0.15) is 0 Å². The molecule has 0 saturated heterocycles. The zero-order chi connectivity index (χ0) is 14.7. The molecule has 20 heavy (non-hydrogen) atoms. The lowest BCUT2D eigenvalue weighted by molar-refractivity contribution is 0.318. The largest absolute Gasteiger partial charge is 0.438 e. The number of benzene rings is 1. The number of nitrogens with two attached hydrogens (primary N) is 1. The Morgan fingerprint density at radius 1 is 1.30 bits per heavy atom. The zero-order valence-electron chi connectivity index (χ0n) is 11.1. The Balaban J connectivity index is 2.27. The summed E-state index contributed by atoms with van der Waals surface area (Å²) in [5.74, 6) is 1.15. The van der Waals surface area contributed by atoms with E-state index >= 15 is 0 Å². The van der Waals surface area contributed by atoms with Crippen molar-refractivity contribution in [3.05, 3.63) is 52.2 Å². The molecule has 0 spiro atoms. The number of rotatable bonds is 3. The van der Waals surface area contributed by atoms with Crippen LogP contribution in [0.3, 0.4) is 0 Å². The molecule has 0 aliphatic carbocycles. The van der Waals surface area contributed by atoms with E-state index in [1.165, 1.54) is 6.20 Å². The van der Waals surface area contributed by atoms with Crippen molar-refractivity contribution >= 4 is 17.4 Å². The highest BCUT2D eigenvalue weighted by Gasteiger charge is 2.08. The monoisotopic (exact) mass is 291 g/mol. The molecule has 2 rings (SSSR count). The van der Waals surface area contributed by atoms with Crippen LogP contribution in [0.2, 0.25) is 5.02 Å². The molecule has 0 radical (unpaired) electrons. The van der Waals surface area contributed by atoms with Gasteiger partial charge in [-0.05, 0) is 43.2 Å². The van der Waals surface area contributed by atoms with Crippen molar-refractivity contribution in [2.24, 2.45) is 10.9 Å². The quantitative estimate of drug-likeness (QED) is 0.394. The van der Waals surface area contributed by atoms with Crippen molar-refractivity contribution in [1.82, 2.24) is 4.98 Å². The highest BCUT2D eigenvalue weighted by Crippen LogP contribution is 2.30. The number of aryl methyl sites for hydroxylation is 2. The Kier molecular flexibility index (Phi) is 4.10. The molecule has 0 fully saturated rings. The molecule has 1 aromatic heterocycles. The maximum Gasteiger partial charge on any atom is 0.219 e. The Morgan fingerprint density at radius 3 is 2.45 bits per heavy atom. The van der Waals surface area contributed by atoms with E-state index in [0.717, 1.165) is 16.9 Å². The first-order valence-corrected chi connectivity index (χ1v) is 6.27. The lowest BCUT2D eigenvalue weighted by atomic mass is 10.1. The number of hydrogen-bond donors (Lipinski definition) is 2. The van der Waals surface area contributed by atoms with Crippen molar-refractivity contribution in [1.29, 1.82) is 0 Å². The van der Waals surface area contributed by atoms with Crippen molar-refractivity contribution in [3.8, 4) is 11.6 Å². The van der Waals surface area contributed by atoms with E-state index in [1.807, 2.05) is 26.0 Å². The molecule has 0 amide bonds. The van der Waals surface area contributed by atoms with Crippen molar-refractivity contribution in [3.63, 3.8) is 0 Å². The predicted molar refractivity (Wildman–Crippen MR) is 77.7 cm³/mol. The maximum atomic E-state index is 8.58. The summed E-state index contributed by atoms with van der Waals surface area (Å²) >= 11 is 5.97. The molecule has 0 unspecified atom stereocenters. The van der Waals surface area contributed by atoms with Gasteiger partial charge in [0.1, 0.15) is 5.75 Å². The fourth-order valence-electron chi connectivity index (χ4n) is 1.81. The molecule has 104 valence electrons. The molecule has 5 nitrogen and oxygen atoms in total. The third-order valence-electron chi connectivity index (χ3n) is 2.77. The van der Waals surface area contributed by atoms with Gasteiger partial charge in [-0.25, -0.2) is 4.98 Å². The Morgan fingerprint density at radius 2 is 1.95 bits per heavy atom. The van der Waals surface area contributed by atoms with E-state index in [9.17, 15) is 0 Å². The highest BCUT2D eigenvalue weighted by atomic mass is 35.5. The van der Waals surface area contributed by atoms with Gasteiger partial charge in [0.15, 0.2) is 5.84 Å². The van der Waals surface area contributed by atoms with E-state index in [2.05, 4.69) is 10.1 Å². The van der Waals surface area contributed by atoms with E-state index in [1.54, 1.807) is 12.1 Å². The fourth-order valence-corrected chi connectivity index (χ4v) is 2.14. The smallest absolute Gasteiger partial charge is 0.219 e. The van der Waals surface area contributed by atoms with E-state index in [4.69, 9.17) is 27.3 Å². The minimum atomic E-state index is 0.00269. The second kappa shape index (κ2) is 5.79. The number of halogens is 1. The molecule has 0 aliphatic heterocycles. The minimum absolute atomic E-state index is 0.00269. The van der Waals surface area contributed by atoms with Gasteiger partial charge in [0, 0.05) is 22.8 Å². The number of oxime groups is 1. The summed E-state index contributed by atoms with van der Waals surface area (Å²) < 4.78 is 5.75. The Hall–Kier alpha value is -2.27. The van der Waals surface area contributed by atoms with E-state index < -0.39 is 0 Å². The van der Waals surface area contributed by atoms with Gasteiger partial charge in [-0.3, -0.25) is 0 Å². The summed E-state index contributed by atoms with van der Waals surface area (Å²) in [6, 6.07) is 6.97. The first-order chi connectivity index (χ1) is 9.51. The predicted octanol–water partition coefficient (Wildman–Crippen LogP) is 3.24. The van der Waals surface area contributed by atoms with E-state index in [0.29, 0.717) is 16.5 Å². The van der Waals surface area contributed by atoms with Gasteiger partial charge in [0.05, 0.1) is 0 Å². The van der Waals surface area contributed by atoms with Crippen LogP contribution in [-0.4, -0.2) is 16.0 Å². The minimum Gasteiger partial charge on any atom is -0.438 e. The second-order valence-corrected chi connectivity index (χ2v) is 4.78. The molecule has 0 saturated carbocycles. The molecule has 1 heterocycles. The topological polar surface area (TPSA) is 80.7 Å². The van der Waals surface area contributed by atoms with Gasteiger partial charge in [0.2, 0.25) is 5.88 Å². The second-order valence-electron chi connectivity index (χ2n) is 4.34. The first-order valence-electron chi connectivity index (χ1n) is 5.90. The van der Waals surface area contributed by atoms with Crippen LogP contribution in [-0.2, 0) is 0 Å². The molecule has 0 bridgehead atoms. The molecule has 0 aliphatic rings. The van der Waals surface area contributed by atoms with Gasteiger partial charge in [0.25, 0.3) is 0 Å². The van der Waals surface area contributed by atoms with Crippen LogP contribution >= 0.6 is 11.6 Å². The summed E-state index contributed by atoms with van der Waals surface area (Å²) in [6.07, 6.45) is 1.48. The van der Waals surface area contributed by atoms with Gasteiger partial charge in [-0.15, -0.1) is 0 Å². The lowest BCUT2D eigenvalue weighted by Crippen LogP contribution is -2.13. The lowest BCUT2D eigenvalue weighted by Gasteiger charge is -2.11. The summed E-state index contributed by atoms with van der Waals surface area (Å²) in [5, 5.41) is 12.2. The number of amidine groups is 1. The number of hydrogen-bond acceptors (Lipinski definition) is 4. The molecule has 0 atom stereocenters. The van der Waals surface area contributed by atoms with Crippen LogP contribution in [0.25, 0.3) is 0 Å². The summed E-state index contributed by atoms with van der Waals surface area (Å²) in [7, 11) is 0. The average molecular weight is 292 g/mol. The van der Waals surface area contributed by atoms with Crippen LogP contribution in [0.1, 0.15) is 16.7 Å². The Labute approximate surface area is 121 Å². The van der Waals surface area contributed by atoms with Crippen molar-refractivity contribution in [2.45, 2.75) is 13.8 Å². The standard InChI is InChI=1S/C14H14ClN3O2/c1-8-5-11(15)6-9(2)13(8)20-12-4-3-10(7-17-12)14(16)18-19/h3-7,19H,1-2H3,(H2,16,18). The zero-order valence-corrected chi connectivity index (χ0v) is 11.8. The fraction of sp³-hybridized carbons (Fsp3) is 0.143. The highest BCUT2D eigenvalue weighted by molar-refractivity contribution is 6.30. The molecule has 6 heteroatoms. The van der Waals surface area contributed by atoms with Crippen molar-refractivity contribution in [2.75, 3.05) is 0 Å². The average Bonchev–Trinajstić information content (AvgIpc) is 2.42. The normalized spacial score (nSPS) is 11.4. The van der Waals surface area contributed by atoms with Gasteiger partial charge >= 0.3 is 0 Å². The van der Waals surface area contributed by atoms with Crippen LogP contribution in [0.4, 0.5) is 0 Å². The molecule has 2 aromatic rings. The molecule has 1 aromatic carbocycles. The number of aromatic nitrogens is 1. The van der Waals surface area contributed by atoms with Crippen LogP contribution in [0.15, 0.2) is 35.6 Å². The first kappa shape index (κ1) is 14.1. The van der Waals surface area contributed by atoms with Gasteiger partial charge < -0.3 is 15.7 Å². The SMILES string of the molecule is Cc1cc(Cl)cc(C)c1Oc1ccc(/C(N)=N/O)cn1. The number of pyridine rings is 1. The molecule has 3 N–H and O–H groups in total. The maximum absolute atomic E-state index is 8.58. The third-order valence-corrected chi connectivity index (χ3v) is 2.99. The van der Waals surface area contributed by atoms with Gasteiger partial charge in [-0.1, -0.05) is 16.8 Å². The van der Waals surface area contributed by atoms with Crippen molar-refractivity contribution < 1.29 is 9.94 Å². The van der Waals surface area contributed by atoms with Crippen LogP contribution < -0.4 is 10.5 Å². The molecular formula is C14H14ClN3O2. The summed E-state index contributed by atoms with van der Waals surface area (Å²) in [6.45, 7) is 3.83. The van der Waals surface area contributed by atoms with Crippen LogP contribution in [0.5, 0.6) is 11.6 Å². The third kappa shape index (κ3) is 3.00. The summed E-state index contributed by atoms with van der Waals surface area (Å²) in [4.78, 5) is 4.12. The molecular weight excluding hydrogens is 278 g/mol. The number of ether oxygens (including phenoxy) is 1.